The maximum absolute atomic E-state index is 5.85. The van der Waals surface area contributed by atoms with Gasteiger partial charge in [0.2, 0.25) is 0 Å². The molecule has 0 amide bonds. The van der Waals surface area contributed by atoms with Gasteiger partial charge in [-0.25, -0.2) is 0 Å². The van der Waals surface area contributed by atoms with Gasteiger partial charge in [-0.2, -0.15) is 5.10 Å². The fourth-order valence-corrected chi connectivity index (χ4v) is 2.41. The molecule has 1 fully saturated rings. The zero-order valence-electron chi connectivity index (χ0n) is 10.9. The van der Waals surface area contributed by atoms with Crippen LogP contribution in [0, 0.1) is 6.92 Å². The van der Waals surface area contributed by atoms with Crippen molar-refractivity contribution in [3.8, 4) is 0 Å². The van der Waals surface area contributed by atoms with Gasteiger partial charge in [-0.05, 0) is 20.8 Å². The van der Waals surface area contributed by atoms with Crippen LogP contribution in [0.2, 0.25) is 0 Å². The van der Waals surface area contributed by atoms with Gasteiger partial charge in [0.1, 0.15) is 0 Å². The number of hydrogen-bond donors (Lipinski definition) is 1. The van der Waals surface area contributed by atoms with Crippen LogP contribution in [-0.4, -0.2) is 47.5 Å². The van der Waals surface area contributed by atoms with Crippen LogP contribution in [-0.2, 0) is 10.3 Å². The molecule has 1 aromatic heterocycles. The standard InChI is InChI=1S/C12H22N4O/c1-10-11(13)8-14-16(10)12(2,3)9-15-4-6-17-7-5-15/h8H,4-7,9,13H2,1-3H3. The predicted molar refractivity (Wildman–Crippen MR) is 68.0 cm³/mol. The lowest BCUT2D eigenvalue weighted by atomic mass is 10.0. The maximum atomic E-state index is 5.85. The van der Waals surface area contributed by atoms with Crippen molar-refractivity contribution in [1.29, 1.82) is 0 Å². The van der Waals surface area contributed by atoms with Crippen LogP contribution in [0.15, 0.2) is 6.20 Å². The van der Waals surface area contributed by atoms with Crippen molar-refractivity contribution < 1.29 is 4.74 Å². The molecule has 0 atom stereocenters. The number of aromatic nitrogens is 2. The lowest BCUT2D eigenvalue weighted by Gasteiger charge is -2.35. The minimum absolute atomic E-state index is 0.0426. The largest absolute Gasteiger partial charge is 0.396 e. The summed E-state index contributed by atoms with van der Waals surface area (Å²) in [4.78, 5) is 2.42. The third-order valence-corrected chi connectivity index (χ3v) is 3.34. The molecule has 0 radical (unpaired) electrons. The molecule has 0 unspecified atom stereocenters. The van der Waals surface area contributed by atoms with E-state index in [2.05, 4.69) is 23.8 Å². The average Bonchev–Trinajstić information content (AvgIpc) is 2.61. The van der Waals surface area contributed by atoms with E-state index in [-0.39, 0.29) is 5.54 Å². The van der Waals surface area contributed by atoms with Gasteiger partial charge < -0.3 is 10.5 Å². The smallest absolute Gasteiger partial charge is 0.0730 e. The maximum Gasteiger partial charge on any atom is 0.0730 e. The molecule has 1 saturated heterocycles. The summed E-state index contributed by atoms with van der Waals surface area (Å²) in [5.41, 5.74) is 7.62. The third-order valence-electron chi connectivity index (χ3n) is 3.34. The Morgan fingerprint density at radius 3 is 2.59 bits per heavy atom. The highest BCUT2D eigenvalue weighted by molar-refractivity contribution is 5.40. The Morgan fingerprint density at radius 1 is 1.41 bits per heavy atom. The van der Waals surface area contributed by atoms with Crippen LogP contribution >= 0.6 is 0 Å². The first kappa shape index (κ1) is 12.4. The molecule has 2 N–H and O–H groups in total. The minimum Gasteiger partial charge on any atom is -0.396 e. The number of rotatable bonds is 3. The van der Waals surface area contributed by atoms with E-state index in [1.807, 2.05) is 11.6 Å². The monoisotopic (exact) mass is 238 g/mol. The summed E-state index contributed by atoms with van der Waals surface area (Å²) < 4.78 is 7.39. The second-order valence-electron chi connectivity index (χ2n) is 5.30. The van der Waals surface area contributed by atoms with E-state index in [4.69, 9.17) is 10.5 Å². The molecule has 5 nitrogen and oxygen atoms in total. The quantitative estimate of drug-likeness (QED) is 0.848. The minimum atomic E-state index is -0.0426. The highest BCUT2D eigenvalue weighted by atomic mass is 16.5. The van der Waals surface area contributed by atoms with Gasteiger partial charge in [-0.3, -0.25) is 9.58 Å². The fourth-order valence-electron chi connectivity index (χ4n) is 2.41. The molecule has 0 bridgehead atoms. The molecular formula is C12H22N4O. The van der Waals surface area contributed by atoms with E-state index in [0.29, 0.717) is 0 Å². The number of nitrogens with two attached hydrogens (primary N) is 1. The molecule has 0 saturated carbocycles. The van der Waals surface area contributed by atoms with Crippen LogP contribution in [0.25, 0.3) is 0 Å². The van der Waals surface area contributed by atoms with Crippen molar-refractivity contribution in [3.63, 3.8) is 0 Å². The summed E-state index contributed by atoms with van der Waals surface area (Å²) in [7, 11) is 0. The molecule has 0 aromatic carbocycles. The molecular weight excluding hydrogens is 216 g/mol. The molecule has 17 heavy (non-hydrogen) atoms. The zero-order chi connectivity index (χ0) is 12.5. The summed E-state index contributed by atoms with van der Waals surface area (Å²) >= 11 is 0. The Hall–Kier alpha value is -1.07. The van der Waals surface area contributed by atoms with Crippen molar-refractivity contribution in [2.24, 2.45) is 0 Å². The molecule has 0 spiro atoms. The number of anilines is 1. The molecule has 2 heterocycles. The number of ether oxygens (including phenoxy) is 1. The van der Waals surface area contributed by atoms with Crippen LogP contribution in [0.3, 0.4) is 0 Å². The first-order valence-corrected chi connectivity index (χ1v) is 6.11. The van der Waals surface area contributed by atoms with Crippen LogP contribution in [0.4, 0.5) is 5.69 Å². The van der Waals surface area contributed by atoms with E-state index in [9.17, 15) is 0 Å². The van der Waals surface area contributed by atoms with Crippen LogP contribution in [0.1, 0.15) is 19.5 Å². The molecule has 1 aliphatic heterocycles. The number of nitrogens with zero attached hydrogens (tertiary/aromatic N) is 3. The highest BCUT2D eigenvalue weighted by Gasteiger charge is 2.27. The molecule has 1 aliphatic rings. The van der Waals surface area contributed by atoms with Crippen molar-refractivity contribution in [2.75, 3.05) is 38.6 Å². The zero-order valence-corrected chi connectivity index (χ0v) is 10.9. The summed E-state index contributed by atoms with van der Waals surface area (Å²) in [5, 5.41) is 4.39. The van der Waals surface area contributed by atoms with Crippen molar-refractivity contribution in [1.82, 2.24) is 14.7 Å². The molecule has 0 aliphatic carbocycles. The van der Waals surface area contributed by atoms with Crippen molar-refractivity contribution >= 4 is 5.69 Å². The fraction of sp³-hybridized carbons (Fsp3) is 0.750. The second-order valence-corrected chi connectivity index (χ2v) is 5.30. The Balaban J connectivity index is 2.09. The van der Waals surface area contributed by atoms with Gasteiger partial charge in [0.05, 0.1) is 36.3 Å². The number of morpholine rings is 1. The second kappa shape index (κ2) is 4.66. The normalized spacial score (nSPS) is 18.5. The van der Waals surface area contributed by atoms with E-state index in [1.54, 1.807) is 6.20 Å². The Morgan fingerprint density at radius 2 is 2.06 bits per heavy atom. The Bertz CT molecular complexity index is 380. The molecule has 1 aromatic rings. The van der Waals surface area contributed by atoms with E-state index < -0.39 is 0 Å². The number of hydrogen-bond acceptors (Lipinski definition) is 4. The van der Waals surface area contributed by atoms with Crippen LogP contribution < -0.4 is 5.73 Å². The van der Waals surface area contributed by atoms with Gasteiger partial charge in [-0.1, -0.05) is 0 Å². The van der Waals surface area contributed by atoms with Crippen molar-refractivity contribution in [2.45, 2.75) is 26.3 Å². The molecule has 96 valence electrons. The summed E-state index contributed by atoms with van der Waals surface area (Å²) in [5.74, 6) is 0. The average molecular weight is 238 g/mol. The number of nitrogen functional groups attached to an aromatic ring is 1. The van der Waals surface area contributed by atoms with Gasteiger partial charge in [0, 0.05) is 19.6 Å². The molecule has 2 rings (SSSR count). The van der Waals surface area contributed by atoms with Gasteiger partial charge >= 0.3 is 0 Å². The van der Waals surface area contributed by atoms with E-state index in [0.717, 1.165) is 44.2 Å². The lowest BCUT2D eigenvalue weighted by molar-refractivity contribution is 0.0210. The molecule has 5 heteroatoms. The highest BCUT2D eigenvalue weighted by Crippen LogP contribution is 2.21. The summed E-state index contributed by atoms with van der Waals surface area (Å²) in [6.07, 6.45) is 1.73. The van der Waals surface area contributed by atoms with Crippen LogP contribution in [0.5, 0.6) is 0 Å². The van der Waals surface area contributed by atoms with Gasteiger partial charge in [0.15, 0.2) is 0 Å². The van der Waals surface area contributed by atoms with Gasteiger partial charge in [-0.15, -0.1) is 0 Å². The third kappa shape index (κ3) is 2.61. The van der Waals surface area contributed by atoms with Crippen molar-refractivity contribution in [3.05, 3.63) is 11.9 Å². The summed E-state index contributed by atoms with van der Waals surface area (Å²) in [6.45, 7) is 11.0. The Kier molecular flexibility index (Phi) is 3.40. The van der Waals surface area contributed by atoms with Gasteiger partial charge in [0.25, 0.3) is 0 Å². The first-order chi connectivity index (χ1) is 8.00. The topological polar surface area (TPSA) is 56.3 Å². The predicted octanol–water partition coefficient (Wildman–Crippen LogP) is 0.841. The summed E-state index contributed by atoms with van der Waals surface area (Å²) in [6, 6.07) is 0. The SMILES string of the molecule is Cc1c(N)cnn1C(C)(C)CN1CCOCC1. The van der Waals surface area contributed by atoms with E-state index in [1.165, 1.54) is 0 Å². The Labute approximate surface area is 103 Å². The first-order valence-electron chi connectivity index (χ1n) is 6.11. The lowest BCUT2D eigenvalue weighted by Crippen LogP contribution is -2.46. The van der Waals surface area contributed by atoms with E-state index >= 15 is 0 Å².